The van der Waals surface area contributed by atoms with E-state index in [2.05, 4.69) is 5.32 Å². The third kappa shape index (κ3) is 5.13. The fourth-order valence-electron chi connectivity index (χ4n) is 2.89. The number of nitrogens with zero attached hydrogens (tertiary/aromatic N) is 1. The molecule has 0 aromatic heterocycles. The van der Waals surface area contributed by atoms with Crippen LogP contribution in [-0.2, 0) is 19.9 Å². The molecule has 0 saturated carbocycles. The quantitative estimate of drug-likeness (QED) is 0.767. The normalized spacial score (nSPS) is 16.6. The number of hydrogen-bond donors (Lipinski definition) is 1. The molecular formula is C15H24ClFN2O4S2. The summed E-state index contributed by atoms with van der Waals surface area (Å²) < 4.78 is 64.3. The Bertz CT molecular complexity index is 794. The van der Waals surface area contributed by atoms with Crippen molar-refractivity contribution >= 4 is 32.3 Å². The second kappa shape index (κ2) is 8.77. The summed E-state index contributed by atoms with van der Waals surface area (Å²) >= 11 is 0. The van der Waals surface area contributed by atoms with Gasteiger partial charge in [-0.1, -0.05) is 6.92 Å². The lowest BCUT2D eigenvalue weighted by atomic mass is 10.1. The zero-order valence-electron chi connectivity index (χ0n) is 14.2. The zero-order chi connectivity index (χ0) is 18.0. The van der Waals surface area contributed by atoms with Crippen LogP contribution in [0.3, 0.4) is 0 Å². The minimum Gasteiger partial charge on any atom is -0.317 e. The molecule has 10 heteroatoms. The van der Waals surface area contributed by atoms with E-state index in [-0.39, 0.29) is 23.3 Å². The molecule has 2 rings (SSSR count). The van der Waals surface area contributed by atoms with Gasteiger partial charge in [-0.25, -0.2) is 21.2 Å². The number of sulfonamides is 1. The summed E-state index contributed by atoms with van der Waals surface area (Å²) in [7, 11) is -7.62. The van der Waals surface area contributed by atoms with Gasteiger partial charge in [-0.2, -0.15) is 4.31 Å². The number of rotatable bonds is 6. The number of nitrogens with one attached hydrogen (secondary N) is 1. The van der Waals surface area contributed by atoms with E-state index in [0.717, 1.165) is 31.5 Å². The molecule has 25 heavy (non-hydrogen) atoms. The van der Waals surface area contributed by atoms with Gasteiger partial charge in [0.1, 0.15) is 10.7 Å². The van der Waals surface area contributed by atoms with Gasteiger partial charge < -0.3 is 5.32 Å². The number of piperidine rings is 1. The van der Waals surface area contributed by atoms with E-state index in [1.54, 1.807) is 0 Å². The van der Waals surface area contributed by atoms with Crippen LogP contribution in [-0.4, -0.2) is 53.1 Å². The van der Waals surface area contributed by atoms with Crippen molar-refractivity contribution in [1.29, 1.82) is 0 Å². The van der Waals surface area contributed by atoms with Gasteiger partial charge in [0.15, 0.2) is 9.84 Å². The smallest absolute Gasteiger partial charge is 0.243 e. The van der Waals surface area contributed by atoms with Gasteiger partial charge in [-0.3, -0.25) is 0 Å². The molecular weight excluding hydrogens is 391 g/mol. The molecule has 1 aliphatic heterocycles. The van der Waals surface area contributed by atoms with Crippen LogP contribution >= 0.6 is 12.4 Å². The average molecular weight is 415 g/mol. The maximum Gasteiger partial charge on any atom is 0.243 e. The number of sulfone groups is 1. The Balaban J connectivity index is 0.00000312. The molecule has 6 nitrogen and oxygen atoms in total. The zero-order valence-corrected chi connectivity index (χ0v) is 16.7. The molecule has 0 spiro atoms. The summed E-state index contributed by atoms with van der Waals surface area (Å²) in [4.78, 5) is -0.704. The van der Waals surface area contributed by atoms with E-state index in [1.165, 1.54) is 10.4 Å². The molecule has 0 bridgehead atoms. The van der Waals surface area contributed by atoms with Crippen LogP contribution in [0.5, 0.6) is 0 Å². The highest BCUT2D eigenvalue weighted by atomic mass is 35.5. The second-order valence-electron chi connectivity index (χ2n) is 5.96. The topological polar surface area (TPSA) is 83.6 Å². The average Bonchev–Trinajstić information content (AvgIpc) is 2.52. The molecule has 1 heterocycles. The van der Waals surface area contributed by atoms with Crippen molar-refractivity contribution in [3.05, 3.63) is 24.0 Å². The third-order valence-electron chi connectivity index (χ3n) is 4.07. The molecule has 1 fully saturated rings. The van der Waals surface area contributed by atoms with Crippen LogP contribution in [0.1, 0.15) is 26.2 Å². The Labute approximate surface area is 155 Å². The molecule has 1 aromatic carbocycles. The van der Waals surface area contributed by atoms with Gasteiger partial charge in [0.05, 0.1) is 4.90 Å². The van der Waals surface area contributed by atoms with E-state index in [4.69, 9.17) is 0 Å². The van der Waals surface area contributed by atoms with Crippen LogP contribution < -0.4 is 5.32 Å². The molecule has 0 radical (unpaired) electrons. The first kappa shape index (κ1) is 22.3. The molecule has 1 N–H and O–H groups in total. The van der Waals surface area contributed by atoms with E-state index in [9.17, 15) is 21.2 Å². The van der Waals surface area contributed by atoms with Gasteiger partial charge in [0.2, 0.25) is 10.0 Å². The SMILES string of the molecule is CCCN(C1CCNCC1)S(=O)(=O)c1ccc(S(C)(=O)=O)c(F)c1.Cl. The Morgan fingerprint density at radius 3 is 2.28 bits per heavy atom. The Morgan fingerprint density at radius 2 is 1.80 bits per heavy atom. The predicted molar refractivity (Wildman–Crippen MR) is 96.8 cm³/mol. The predicted octanol–water partition coefficient (Wildman–Crippen LogP) is 1.80. The van der Waals surface area contributed by atoms with Gasteiger partial charge in [0, 0.05) is 18.8 Å². The van der Waals surface area contributed by atoms with Crippen LogP contribution in [0.15, 0.2) is 28.0 Å². The van der Waals surface area contributed by atoms with Crippen molar-refractivity contribution in [3.63, 3.8) is 0 Å². The summed E-state index contributed by atoms with van der Waals surface area (Å²) in [6, 6.07) is 2.85. The van der Waals surface area contributed by atoms with Crippen LogP contribution in [0, 0.1) is 5.82 Å². The minimum atomic E-state index is -3.88. The fourth-order valence-corrected chi connectivity index (χ4v) is 5.41. The Hall–Kier alpha value is -0.740. The molecule has 0 aliphatic carbocycles. The minimum absolute atomic E-state index is 0. The van der Waals surface area contributed by atoms with E-state index in [1.807, 2.05) is 6.92 Å². The molecule has 0 unspecified atom stereocenters. The largest absolute Gasteiger partial charge is 0.317 e. The standard InChI is InChI=1S/C15H23FN2O4S2.ClH/c1-3-10-18(12-6-8-17-9-7-12)24(21,22)13-4-5-15(14(16)11-13)23(2,19)20;/h4-5,11-12,17H,3,6-10H2,1-2H3;1H. The molecule has 1 saturated heterocycles. The summed E-state index contributed by atoms with van der Waals surface area (Å²) in [5, 5.41) is 3.19. The monoisotopic (exact) mass is 414 g/mol. The second-order valence-corrected chi connectivity index (χ2v) is 9.84. The fraction of sp³-hybridized carbons (Fsp3) is 0.600. The molecule has 1 aliphatic rings. The highest BCUT2D eigenvalue weighted by Gasteiger charge is 2.32. The van der Waals surface area contributed by atoms with Crippen molar-refractivity contribution in [2.24, 2.45) is 0 Å². The van der Waals surface area contributed by atoms with Crippen molar-refractivity contribution in [3.8, 4) is 0 Å². The number of hydrogen-bond acceptors (Lipinski definition) is 5. The van der Waals surface area contributed by atoms with Gasteiger partial charge in [-0.15, -0.1) is 12.4 Å². The lowest BCUT2D eigenvalue weighted by Crippen LogP contribution is -2.46. The van der Waals surface area contributed by atoms with Crippen LogP contribution in [0.25, 0.3) is 0 Å². The van der Waals surface area contributed by atoms with Crippen LogP contribution in [0.2, 0.25) is 0 Å². The summed E-state index contributed by atoms with van der Waals surface area (Å²) in [6.45, 7) is 3.71. The highest BCUT2D eigenvalue weighted by Crippen LogP contribution is 2.25. The maximum absolute atomic E-state index is 14.1. The van der Waals surface area contributed by atoms with Crippen LogP contribution in [0.4, 0.5) is 4.39 Å². The lowest BCUT2D eigenvalue weighted by molar-refractivity contribution is 0.262. The molecule has 0 atom stereocenters. The maximum atomic E-state index is 14.1. The van der Waals surface area contributed by atoms with Gasteiger partial charge >= 0.3 is 0 Å². The van der Waals surface area contributed by atoms with Gasteiger partial charge in [-0.05, 0) is 50.6 Å². The summed E-state index contributed by atoms with van der Waals surface area (Å²) in [5.41, 5.74) is 0. The number of benzene rings is 1. The van der Waals surface area contributed by atoms with E-state index < -0.39 is 30.6 Å². The van der Waals surface area contributed by atoms with E-state index >= 15 is 0 Å². The van der Waals surface area contributed by atoms with Crippen molar-refractivity contribution in [2.75, 3.05) is 25.9 Å². The van der Waals surface area contributed by atoms with Crippen molar-refractivity contribution in [2.45, 2.75) is 42.0 Å². The highest BCUT2D eigenvalue weighted by molar-refractivity contribution is 7.90. The first-order valence-electron chi connectivity index (χ1n) is 7.90. The van der Waals surface area contributed by atoms with Crippen molar-refractivity contribution < 1.29 is 21.2 Å². The molecule has 144 valence electrons. The summed E-state index contributed by atoms with van der Waals surface area (Å²) in [6.07, 6.45) is 2.93. The number of halogens is 2. The first-order valence-corrected chi connectivity index (χ1v) is 11.2. The van der Waals surface area contributed by atoms with Gasteiger partial charge in [0.25, 0.3) is 0 Å². The molecule has 1 aromatic rings. The van der Waals surface area contributed by atoms with E-state index in [0.29, 0.717) is 25.8 Å². The van der Waals surface area contributed by atoms with Crippen molar-refractivity contribution in [1.82, 2.24) is 9.62 Å². The molecule has 0 amide bonds. The Morgan fingerprint density at radius 1 is 1.20 bits per heavy atom. The third-order valence-corrected chi connectivity index (χ3v) is 7.15. The lowest BCUT2D eigenvalue weighted by Gasteiger charge is -2.33. The summed E-state index contributed by atoms with van der Waals surface area (Å²) in [5.74, 6) is -1.04. The first-order chi connectivity index (χ1) is 11.2. The Kier molecular flexibility index (Phi) is 7.82.